The van der Waals surface area contributed by atoms with E-state index in [1.807, 2.05) is 30.2 Å². The summed E-state index contributed by atoms with van der Waals surface area (Å²) in [6.45, 7) is 2.38. The van der Waals surface area contributed by atoms with Crippen molar-refractivity contribution in [1.29, 1.82) is 0 Å². The lowest BCUT2D eigenvalue weighted by Gasteiger charge is -2.12. The molecule has 0 aliphatic rings. The van der Waals surface area contributed by atoms with E-state index in [0.717, 1.165) is 30.6 Å². The summed E-state index contributed by atoms with van der Waals surface area (Å²) in [5, 5.41) is 6.59. The molecule has 0 spiro atoms. The fourth-order valence-corrected chi connectivity index (χ4v) is 2.39. The summed E-state index contributed by atoms with van der Waals surface area (Å²) in [6, 6.07) is 10.4. The van der Waals surface area contributed by atoms with Crippen molar-refractivity contribution in [3.63, 3.8) is 0 Å². The molecule has 23 heavy (non-hydrogen) atoms. The van der Waals surface area contributed by atoms with Gasteiger partial charge in [-0.3, -0.25) is 4.99 Å². The highest BCUT2D eigenvalue weighted by molar-refractivity contribution is 14.0. The molecule has 2 aromatic rings. The van der Waals surface area contributed by atoms with Crippen LogP contribution in [0.3, 0.4) is 0 Å². The first-order valence-corrected chi connectivity index (χ1v) is 8.70. The largest absolute Gasteiger partial charge is 0.356 e. The number of guanidine groups is 1. The van der Waals surface area contributed by atoms with E-state index in [4.69, 9.17) is 0 Å². The summed E-state index contributed by atoms with van der Waals surface area (Å²) >= 11 is 1.81. The summed E-state index contributed by atoms with van der Waals surface area (Å²) in [5.41, 5.74) is 1.27. The van der Waals surface area contributed by atoms with Gasteiger partial charge >= 0.3 is 0 Å². The third-order valence-electron chi connectivity index (χ3n) is 3.23. The fraction of sp³-hybridized carbons (Fsp3) is 0.375. The number of imidazole rings is 1. The SMILES string of the molecule is CN=C(NCCSC)NCc1nccn1Cc1ccccc1.I. The molecule has 7 heteroatoms. The molecule has 0 unspecified atom stereocenters. The predicted octanol–water partition coefficient (Wildman–Crippen LogP) is 2.58. The van der Waals surface area contributed by atoms with Gasteiger partial charge in [0, 0.05) is 38.3 Å². The minimum Gasteiger partial charge on any atom is -0.356 e. The molecule has 0 radical (unpaired) electrons. The Hall–Kier alpha value is -1.22. The summed E-state index contributed by atoms with van der Waals surface area (Å²) in [5.74, 6) is 2.86. The van der Waals surface area contributed by atoms with Crippen LogP contribution in [0.5, 0.6) is 0 Å². The van der Waals surface area contributed by atoms with E-state index in [2.05, 4.69) is 55.7 Å². The van der Waals surface area contributed by atoms with Gasteiger partial charge in [-0.2, -0.15) is 11.8 Å². The van der Waals surface area contributed by atoms with Gasteiger partial charge in [-0.1, -0.05) is 30.3 Å². The van der Waals surface area contributed by atoms with E-state index in [9.17, 15) is 0 Å². The molecule has 1 heterocycles. The van der Waals surface area contributed by atoms with E-state index in [-0.39, 0.29) is 24.0 Å². The quantitative estimate of drug-likeness (QED) is 0.298. The summed E-state index contributed by atoms with van der Waals surface area (Å²) in [7, 11) is 1.78. The molecule has 0 saturated carbocycles. The van der Waals surface area contributed by atoms with E-state index in [1.54, 1.807) is 7.05 Å². The highest BCUT2D eigenvalue weighted by Crippen LogP contribution is 2.05. The van der Waals surface area contributed by atoms with Crippen LogP contribution in [0.4, 0.5) is 0 Å². The maximum Gasteiger partial charge on any atom is 0.191 e. The van der Waals surface area contributed by atoms with Crippen LogP contribution < -0.4 is 10.6 Å². The van der Waals surface area contributed by atoms with Crippen LogP contribution in [-0.4, -0.2) is 41.1 Å². The number of nitrogens with one attached hydrogen (secondary N) is 2. The minimum atomic E-state index is 0. The average Bonchev–Trinajstić information content (AvgIpc) is 2.99. The predicted molar refractivity (Wildman–Crippen MR) is 110 cm³/mol. The van der Waals surface area contributed by atoms with Gasteiger partial charge in [0.2, 0.25) is 0 Å². The van der Waals surface area contributed by atoms with E-state index >= 15 is 0 Å². The number of aromatic nitrogens is 2. The topological polar surface area (TPSA) is 54.2 Å². The first kappa shape index (κ1) is 19.8. The standard InChI is InChI=1S/C16H23N5S.HI/c1-17-16(19-9-11-22-2)20-12-15-18-8-10-21(15)13-14-6-4-3-5-7-14;/h3-8,10H,9,11-13H2,1-2H3,(H2,17,19,20);1H. The smallest absolute Gasteiger partial charge is 0.191 e. The number of aliphatic imine (C=N–C) groups is 1. The lowest BCUT2D eigenvalue weighted by atomic mass is 10.2. The van der Waals surface area contributed by atoms with Gasteiger partial charge in [-0.05, 0) is 11.8 Å². The zero-order valence-electron chi connectivity index (χ0n) is 13.5. The van der Waals surface area contributed by atoms with Gasteiger partial charge in [0.15, 0.2) is 5.96 Å². The number of thioether (sulfide) groups is 1. The lowest BCUT2D eigenvalue weighted by Crippen LogP contribution is -2.38. The Morgan fingerprint density at radius 3 is 2.74 bits per heavy atom. The van der Waals surface area contributed by atoms with Gasteiger partial charge < -0.3 is 15.2 Å². The molecule has 0 atom stereocenters. The Labute approximate surface area is 159 Å². The lowest BCUT2D eigenvalue weighted by molar-refractivity contribution is 0.690. The van der Waals surface area contributed by atoms with Gasteiger partial charge in [-0.25, -0.2) is 4.98 Å². The van der Waals surface area contributed by atoms with Crippen molar-refractivity contribution in [1.82, 2.24) is 20.2 Å². The van der Waals surface area contributed by atoms with Crippen LogP contribution in [0.2, 0.25) is 0 Å². The molecule has 2 N–H and O–H groups in total. The second kappa shape index (κ2) is 11.3. The van der Waals surface area contributed by atoms with Crippen molar-refractivity contribution in [2.24, 2.45) is 4.99 Å². The van der Waals surface area contributed by atoms with Gasteiger partial charge in [0.05, 0.1) is 6.54 Å². The van der Waals surface area contributed by atoms with Crippen molar-refractivity contribution < 1.29 is 0 Å². The van der Waals surface area contributed by atoms with Crippen molar-refractivity contribution in [2.75, 3.05) is 25.6 Å². The highest BCUT2D eigenvalue weighted by atomic mass is 127. The maximum absolute atomic E-state index is 4.43. The first-order chi connectivity index (χ1) is 10.8. The van der Waals surface area contributed by atoms with Crippen LogP contribution in [0.1, 0.15) is 11.4 Å². The normalized spacial score (nSPS) is 11.0. The second-order valence-corrected chi connectivity index (χ2v) is 5.79. The minimum absolute atomic E-state index is 0. The van der Waals surface area contributed by atoms with E-state index in [1.165, 1.54) is 5.56 Å². The average molecular weight is 445 g/mol. The highest BCUT2D eigenvalue weighted by Gasteiger charge is 2.05. The van der Waals surface area contributed by atoms with Crippen LogP contribution >= 0.6 is 35.7 Å². The first-order valence-electron chi connectivity index (χ1n) is 7.31. The zero-order valence-corrected chi connectivity index (χ0v) is 16.7. The van der Waals surface area contributed by atoms with Crippen molar-refractivity contribution in [2.45, 2.75) is 13.1 Å². The van der Waals surface area contributed by atoms with Crippen molar-refractivity contribution >= 4 is 41.7 Å². The summed E-state index contributed by atoms with van der Waals surface area (Å²) < 4.78 is 2.15. The molecule has 0 bridgehead atoms. The molecule has 0 aliphatic heterocycles. The van der Waals surface area contributed by atoms with E-state index in [0.29, 0.717) is 6.54 Å². The fourth-order valence-electron chi connectivity index (χ4n) is 2.09. The molecule has 5 nitrogen and oxygen atoms in total. The monoisotopic (exact) mass is 445 g/mol. The zero-order chi connectivity index (χ0) is 15.6. The van der Waals surface area contributed by atoms with Gasteiger partial charge in [-0.15, -0.1) is 24.0 Å². The molecule has 2 rings (SSSR count). The van der Waals surface area contributed by atoms with E-state index < -0.39 is 0 Å². The molecule has 0 fully saturated rings. The Morgan fingerprint density at radius 2 is 2.04 bits per heavy atom. The Bertz CT molecular complexity index is 585. The molecule has 0 amide bonds. The Morgan fingerprint density at radius 1 is 1.26 bits per heavy atom. The number of rotatable bonds is 7. The molecule has 0 saturated heterocycles. The molecule has 1 aromatic heterocycles. The number of nitrogens with zero attached hydrogens (tertiary/aromatic N) is 3. The number of benzene rings is 1. The summed E-state index contributed by atoms with van der Waals surface area (Å²) in [6.07, 6.45) is 5.94. The van der Waals surface area contributed by atoms with Crippen LogP contribution in [0.25, 0.3) is 0 Å². The van der Waals surface area contributed by atoms with Crippen molar-refractivity contribution in [3.8, 4) is 0 Å². The van der Waals surface area contributed by atoms with Crippen molar-refractivity contribution in [3.05, 3.63) is 54.1 Å². The number of hydrogen-bond donors (Lipinski definition) is 2. The molecule has 1 aromatic carbocycles. The molecule has 0 aliphatic carbocycles. The third-order valence-corrected chi connectivity index (χ3v) is 3.85. The van der Waals surface area contributed by atoms with Crippen LogP contribution in [0, 0.1) is 0 Å². The molecule has 126 valence electrons. The third kappa shape index (κ3) is 6.82. The maximum atomic E-state index is 4.43. The molecular weight excluding hydrogens is 421 g/mol. The van der Waals surface area contributed by atoms with Crippen LogP contribution in [-0.2, 0) is 13.1 Å². The number of halogens is 1. The van der Waals surface area contributed by atoms with Gasteiger partial charge in [0.1, 0.15) is 5.82 Å². The molecular formula is C16H24IN5S. The number of hydrogen-bond acceptors (Lipinski definition) is 3. The Balaban J connectivity index is 0.00000264. The second-order valence-electron chi connectivity index (χ2n) is 4.80. The van der Waals surface area contributed by atoms with Crippen LogP contribution in [0.15, 0.2) is 47.7 Å². The van der Waals surface area contributed by atoms with Gasteiger partial charge in [0.25, 0.3) is 0 Å². The Kier molecular flexibility index (Phi) is 9.77. The summed E-state index contributed by atoms with van der Waals surface area (Å²) in [4.78, 5) is 8.65.